The lowest BCUT2D eigenvalue weighted by atomic mass is 9.79. The molecule has 5 nitrogen and oxygen atoms in total. The van der Waals surface area contributed by atoms with Crippen LogP contribution in [0.25, 0.3) is 0 Å². The standard InChI is InChI=1S/C10H17N3O2/c1-13-9(14)12-8(11)10(13)5-3-7(15-2)4-6-10/h7H,3-6H2,1-2H3,(H2,11,12,14). The maximum atomic E-state index is 11.4. The van der Waals surface area contributed by atoms with Crippen LogP contribution in [0.4, 0.5) is 4.79 Å². The molecule has 0 saturated heterocycles. The Kier molecular flexibility index (Phi) is 2.42. The van der Waals surface area contributed by atoms with Gasteiger partial charge < -0.3 is 15.4 Å². The fraction of sp³-hybridized carbons (Fsp3) is 0.800. The highest BCUT2D eigenvalue weighted by Crippen LogP contribution is 2.37. The van der Waals surface area contributed by atoms with Gasteiger partial charge in [-0.05, 0) is 25.7 Å². The Hall–Kier alpha value is -1.10. The van der Waals surface area contributed by atoms with E-state index in [4.69, 9.17) is 10.5 Å². The predicted molar refractivity (Wildman–Crippen MR) is 56.8 cm³/mol. The van der Waals surface area contributed by atoms with Gasteiger partial charge in [-0.25, -0.2) is 4.79 Å². The van der Waals surface area contributed by atoms with E-state index in [2.05, 4.69) is 4.99 Å². The molecule has 0 aromatic rings. The van der Waals surface area contributed by atoms with E-state index in [1.54, 1.807) is 19.1 Å². The summed E-state index contributed by atoms with van der Waals surface area (Å²) in [6.07, 6.45) is 3.87. The number of ether oxygens (including phenoxy) is 1. The molecule has 0 radical (unpaired) electrons. The lowest BCUT2D eigenvalue weighted by Gasteiger charge is -2.40. The van der Waals surface area contributed by atoms with Crippen molar-refractivity contribution < 1.29 is 9.53 Å². The maximum Gasteiger partial charge on any atom is 0.345 e. The lowest BCUT2D eigenvalue weighted by Crippen LogP contribution is -2.55. The van der Waals surface area contributed by atoms with Crippen molar-refractivity contribution in [1.82, 2.24) is 4.90 Å². The summed E-state index contributed by atoms with van der Waals surface area (Å²) in [7, 11) is 3.50. The third kappa shape index (κ3) is 1.42. The fourth-order valence-electron chi connectivity index (χ4n) is 2.53. The second-order valence-corrected chi connectivity index (χ2v) is 4.31. The SMILES string of the molecule is COC1CCC2(CC1)C(N)=NC(=O)N2C. The van der Waals surface area contributed by atoms with E-state index in [-0.39, 0.29) is 11.6 Å². The number of amides is 2. The van der Waals surface area contributed by atoms with Crippen molar-refractivity contribution in [2.45, 2.75) is 37.3 Å². The molecule has 0 atom stereocenters. The zero-order chi connectivity index (χ0) is 11.1. The molecule has 2 rings (SSSR count). The smallest absolute Gasteiger partial charge is 0.345 e. The molecule has 15 heavy (non-hydrogen) atoms. The van der Waals surface area contributed by atoms with Crippen LogP contribution in [-0.2, 0) is 4.74 Å². The minimum absolute atomic E-state index is 0.219. The van der Waals surface area contributed by atoms with Crippen LogP contribution < -0.4 is 5.73 Å². The van der Waals surface area contributed by atoms with E-state index in [1.165, 1.54) is 0 Å². The van der Waals surface area contributed by atoms with E-state index < -0.39 is 0 Å². The molecule has 0 aromatic heterocycles. The first-order valence-electron chi connectivity index (χ1n) is 5.25. The molecule has 84 valence electrons. The zero-order valence-corrected chi connectivity index (χ0v) is 9.19. The fourth-order valence-corrected chi connectivity index (χ4v) is 2.53. The average Bonchev–Trinajstić information content (AvgIpc) is 2.45. The quantitative estimate of drug-likeness (QED) is 0.695. The average molecular weight is 211 g/mol. The normalized spacial score (nSPS) is 36.1. The van der Waals surface area contributed by atoms with Gasteiger partial charge in [0.2, 0.25) is 0 Å². The highest BCUT2D eigenvalue weighted by molar-refractivity contribution is 6.05. The third-order valence-corrected chi connectivity index (χ3v) is 3.71. The molecule has 1 heterocycles. The van der Waals surface area contributed by atoms with Crippen LogP contribution in [0.1, 0.15) is 25.7 Å². The summed E-state index contributed by atoms with van der Waals surface area (Å²) in [6, 6.07) is -0.219. The minimum atomic E-state index is -0.327. The summed E-state index contributed by atoms with van der Waals surface area (Å²) in [5.41, 5.74) is 5.53. The van der Waals surface area contributed by atoms with Crippen molar-refractivity contribution in [2.24, 2.45) is 10.7 Å². The van der Waals surface area contributed by atoms with Crippen molar-refractivity contribution in [2.75, 3.05) is 14.2 Å². The number of rotatable bonds is 1. The number of nitrogens with zero attached hydrogens (tertiary/aromatic N) is 2. The second kappa shape index (κ2) is 3.48. The number of likely N-dealkylation sites (N-methyl/N-ethyl adjacent to an activating group) is 1. The van der Waals surface area contributed by atoms with Crippen LogP contribution in [0.2, 0.25) is 0 Å². The monoisotopic (exact) mass is 211 g/mol. The van der Waals surface area contributed by atoms with Gasteiger partial charge in [-0.1, -0.05) is 0 Å². The van der Waals surface area contributed by atoms with E-state index in [0.717, 1.165) is 25.7 Å². The molecule has 2 N–H and O–H groups in total. The van der Waals surface area contributed by atoms with Gasteiger partial charge in [-0.3, -0.25) is 0 Å². The number of aliphatic imine (C=N–C) groups is 1. The van der Waals surface area contributed by atoms with E-state index >= 15 is 0 Å². The molecule has 1 spiro atoms. The Balaban J connectivity index is 2.16. The molecular weight excluding hydrogens is 194 g/mol. The van der Waals surface area contributed by atoms with Gasteiger partial charge in [0, 0.05) is 14.2 Å². The van der Waals surface area contributed by atoms with Crippen molar-refractivity contribution in [3.63, 3.8) is 0 Å². The Labute approximate surface area is 89.3 Å². The molecule has 1 fully saturated rings. The van der Waals surface area contributed by atoms with Gasteiger partial charge in [0.15, 0.2) is 0 Å². The van der Waals surface area contributed by atoms with Gasteiger partial charge >= 0.3 is 6.03 Å². The number of amidine groups is 1. The van der Waals surface area contributed by atoms with E-state index in [1.807, 2.05) is 0 Å². The molecule has 1 aliphatic heterocycles. The highest BCUT2D eigenvalue weighted by Gasteiger charge is 2.48. The summed E-state index contributed by atoms with van der Waals surface area (Å²) in [6.45, 7) is 0. The van der Waals surface area contributed by atoms with Crippen molar-refractivity contribution in [3.05, 3.63) is 0 Å². The van der Waals surface area contributed by atoms with Gasteiger partial charge in [0.05, 0.1) is 6.10 Å². The number of nitrogens with two attached hydrogens (primary N) is 1. The largest absolute Gasteiger partial charge is 0.385 e. The first-order valence-corrected chi connectivity index (χ1v) is 5.25. The summed E-state index contributed by atoms with van der Waals surface area (Å²) >= 11 is 0. The van der Waals surface area contributed by atoms with Crippen LogP contribution in [0.3, 0.4) is 0 Å². The summed E-state index contributed by atoms with van der Waals surface area (Å²) in [4.78, 5) is 16.9. The molecule has 0 unspecified atom stereocenters. The first kappa shape index (κ1) is 10.4. The number of carbonyl (C=O) groups is 1. The predicted octanol–water partition coefficient (Wildman–Crippen LogP) is 0.737. The summed E-state index contributed by atoms with van der Waals surface area (Å²) in [5, 5.41) is 0. The lowest BCUT2D eigenvalue weighted by molar-refractivity contribution is 0.0391. The van der Waals surface area contributed by atoms with Gasteiger partial charge in [0.25, 0.3) is 0 Å². The number of hydrogen-bond donors (Lipinski definition) is 1. The number of methoxy groups -OCH3 is 1. The highest BCUT2D eigenvalue weighted by atomic mass is 16.5. The first-order chi connectivity index (χ1) is 7.10. The van der Waals surface area contributed by atoms with Gasteiger partial charge in [-0.2, -0.15) is 4.99 Å². The number of carbonyl (C=O) groups excluding carboxylic acids is 1. The second-order valence-electron chi connectivity index (χ2n) is 4.31. The third-order valence-electron chi connectivity index (χ3n) is 3.71. The zero-order valence-electron chi connectivity index (χ0n) is 9.19. The Bertz CT molecular complexity index is 306. The van der Waals surface area contributed by atoms with Crippen molar-refractivity contribution in [3.8, 4) is 0 Å². The van der Waals surface area contributed by atoms with Crippen LogP contribution in [-0.4, -0.2) is 42.6 Å². The summed E-state index contributed by atoms with van der Waals surface area (Å²) < 4.78 is 5.31. The van der Waals surface area contributed by atoms with Crippen LogP contribution in [0.5, 0.6) is 0 Å². The number of urea groups is 1. The molecule has 1 saturated carbocycles. The van der Waals surface area contributed by atoms with Gasteiger partial charge in [-0.15, -0.1) is 0 Å². The van der Waals surface area contributed by atoms with E-state index in [0.29, 0.717) is 11.9 Å². The minimum Gasteiger partial charge on any atom is -0.385 e. The molecular formula is C10H17N3O2. The molecule has 5 heteroatoms. The molecule has 2 amide bonds. The Morgan fingerprint density at radius 2 is 2.13 bits per heavy atom. The van der Waals surface area contributed by atoms with Crippen LogP contribution >= 0.6 is 0 Å². The topological polar surface area (TPSA) is 67.9 Å². The Morgan fingerprint density at radius 3 is 2.53 bits per heavy atom. The van der Waals surface area contributed by atoms with Crippen molar-refractivity contribution >= 4 is 11.9 Å². The van der Waals surface area contributed by atoms with Crippen LogP contribution in [0, 0.1) is 0 Å². The van der Waals surface area contributed by atoms with Gasteiger partial charge in [0.1, 0.15) is 11.4 Å². The number of hydrogen-bond acceptors (Lipinski definition) is 3. The van der Waals surface area contributed by atoms with Crippen LogP contribution in [0.15, 0.2) is 4.99 Å². The molecule has 0 aromatic carbocycles. The van der Waals surface area contributed by atoms with E-state index in [9.17, 15) is 4.79 Å². The van der Waals surface area contributed by atoms with Crippen molar-refractivity contribution in [1.29, 1.82) is 0 Å². The molecule has 2 aliphatic rings. The maximum absolute atomic E-state index is 11.4. The molecule has 1 aliphatic carbocycles. The molecule has 0 bridgehead atoms. The Morgan fingerprint density at radius 1 is 1.53 bits per heavy atom. The summed E-state index contributed by atoms with van der Waals surface area (Å²) in [5.74, 6) is 0.476.